The smallest absolute Gasteiger partial charge is 0.422 e. The van der Waals surface area contributed by atoms with Gasteiger partial charge in [0.25, 0.3) is 0 Å². The van der Waals surface area contributed by atoms with Crippen LogP contribution in [0.5, 0.6) is 0 Å². The third-order valence-corrected chi connectivity index (χ3v) is 1.04. The van der Waals surface area contributed by atoms with Gasteiger partial charge in [-0.3, -0.25) is 0 Å². The van der Waals surface area contributed by atoms with E-state index in [1.54, 1.807) is 0 Å². The average Bonchev–Trinajstić information content (AvgIpc) is 1.94. The zero-order valence-electron chi connectivity index (χ0n) is 5.49. The molecule has 1 rings (SSSR count). The van der Waals surface area contributed by atoms with Gasteiger partial charge in [-0.25, -0.2) is 9.59 Å². The molecule has 0 aliphatic carbocycles. The highest BCUT2D eigenvalue weighted by Gasteiger charge is 2.26. The lowest BCUT2D eigenvalue weighted by atomic mass is 10.4. The first-order chi connectivity index (χ1) is 5.11. The predicted molar refractivity (Wildman–Crippen MR) is 32.5 cm³/mol. The molecule has 1 aliphatic heterocycles. The number of ether oxygens (including phenoxy) is 2. The van der Waals surface area contributed by atoms with E-state index in [4.69, 9.17) is 11.5 Å². The van der Waals surface area contributed by atoms with Crippen LogP contribution in [0.2, 0.25) is 0 Å². The molecular formula is C5H6N2O4. The van der Waals surface area contributed by atoms with Gasteiger partial charge in [0.2, 0.25) is 0 Å². The molecular weight excluding hydrogens is 152 g/mol. The molecule has 0 atom stereocenters. The fraction of sp³-hybridized carbons (Fsp3) is 0.200. The van der Waals surface area contributed by atoms with E-state index in [0.717, 1.165) is 0 Å². The molecule has 0 aromatic rings. The number of carbonyl (C=O) groups is 2. The molecule has 11 heavy (non-hydrogen) atoms. The normalized spacial score (nSPS) is 17.3. The van der Waals surface area contributed by atoms with Crippen molar-refractivity contribution in [1.29, 1.82) is 0 Å². The number of nitrogens with two attached hydrogens (primary N) is 2. The van der Waals surface area contributed by atoms with Crippen LogP contribution in [0.3, 0.4) is 0 Å². The SMILES string of the molecule is NC(N)=C1COC(=O)C(=O)O1. The van der Waals surface area contributed by atoms with Crippen molar-refractivity contribution in [3.63, 3.8) is 0 Å². The van der Waals surface area contributed by atoms with Gasteiger partial charge >= 0.3 is 11.9 Å². The summed E-state index contributed by atoms with van der Waals surface area (Å²) in [5, 5.41) is 0. The van der Waals surface area contributed by atoms with Crippen LogP contribution in [0.15, 0.2) is 11.6 Å². The Bertz CT molecular complexity index is 241. The molecule has 0 spiro atoms. The minimum absolute atomic E-state index is 0.0189. The lowest BCUT2D eigenvalue weighted by Crippen LogP contribution is -2.31. The summed E-state index contributed by atoms with van der Waals surface area (Å²) in [5.74, 6) is -2.31. The van der Waals surface area contributed by atoms with E-state index in [0.29, 0.717) is 0 Å². The molecule has 0 bridgehead atoms. The summed E-state index contributed by atoms with van der Waals surface area (Å²) in [6.07, 6.45) is 0. The first-order valence-corrected chi connectivity index (χ1v) is 2.74. The van der Waals surface area contributed by atoms with Crippen LogP contribution in [0.1, 0.15) is 0 Å². The average molecular weight is 158 g/mol. The maximum Gasteiger partial charge on any atom is 0.422 e. The lowest BCUT2D eigenvalue weighted by molar-refractivity contribution is -0.171. The number of hydrogen-bond donors (Lipinski definition) is 2. The molecule has 1 heterocycles. The van der Waals surface area contributed by atoms with Crippen LogP contribution in [-0.4, -0.2) is 18.5 Å². The fourth-order valence-electron chi connectivity index (χ4n) is 0.515. The summed E-state index contributed by atoms with van der Waals surface area (Å²) in [7, 11) is 0. The van der Waals surface area contributed by atoms with Gasteiger partial charge in [-0.2, -0.15) is 0 Å². The number of esters is 2. The molecule has 60 valence electrons. The van der Waals surface area contributed by atoms with E-state index >= 15 is 0 Å². The van der Waals surface area contributed by atoms with Gasteiger partial charge in [0.05, 0.1) is 0 Å². The van der Waals surface area contributed by atoms with Crippen LogP contribution in [-0.2, 0) is 19.1 Å². The Labute approximate surface area is 61.7 Å². The van der Waals surface area contributed by atoms with Gasteiger partial charge in [-0.15, -0.1) is 0 Å². The van der Waals surface area contributed by atoms with Gasteiger partial charge in [-0.1, -0.05) is 0 Å². The molecule has 0 unspecified atom stereocenters. The van der Waals surface area contributed by atoms with Crippen LogP contribution in [0.25, 0.3) is 0 Å². The lowest BCUT2D eigenvalue weighted by Gasteiger charge is -2.14. The van der Waals surface area contributed by atoms with Gasteiger partial charge in [0.15, 0.2) is 12.4 Å². The fourth-order valence-corrected chi connectivity index (χ4v) is 0.515. The van der Waals surface area contributed by atoms with Gasteiger partial charge in [0, 0.05) is 0 Å². The maximum absolute atomic E-state index is 10.5. The summed E-state index contributed by atoms with van der Waals surface area (Å²) in [4.78, 5) is 20.8. The second-order valence-electron chi connectivity index (χ2n) is 1.84. The maximum atomic E-state index is 10.5. The molecule has 0 aromatic heterocycles. The Balaban J connectivity index is 2.75. The summed E-state index contributed by atoms with van der Waals surface area (Å²) in [6.45, 7) is -0.188. The number of hydrogen-bond acceptors (Lipinski definition) is 6. The molecule has 0 radical (unpaired) electrons. The molecule has 0 aromatic carbocycles. The van der Waals surface area contributed by atoms with E-state index < -0.39 is 11.9 Å². The highest BCUT2D eigenvalue weighted by molar-refractivity contribution is 6.30. The van der Waals surface area contributed by atoms with E-state index in [1.807, 2.05) is 0 Å². The number of cyclic esters (lactones) is 2. The van der Waals surface area contributed by atoms with Crippen molar-refractivity contribution in [2.45, 2.75) is 0 Å². The van der Waals surface area contributed by atoms with Crippen molar-refractivity contribution in [1.82, 2.24) is 0 Å². The van der Waals surface area contributed by atoms with E-state index in [2.05, 4.69) is 9.47 Å². The topological polar surface area (TPSA) is 105 Å². The monoisotopic (exact) mass is 158 g/mol. The Hall–Kier alpha value is -1.72. The van der Waals surface area contributed by atoms with E-state index in [-0.39, 0.29) is 18.2 Å². The number of rotatable bonds is 0. The van der Waals surface area contributed by atoms with E-state index in [1.165, 1.54) is 0 Å². The summed E-state index contributed by atoms with van der Waals surface area (Å²) in [6, 6.07) is 0. The minimum atomic E-state index is -1.10. The largest absolute Gasteiger partial charge is 0.449 e. The summed E-state index contributed by atoms with van der Waals surface area (Å²) >= 11 is 0. The Morgan fingerprint density at radius 3 is 2.36 bits per heavy atom. The van der Waals surface area contributed by atoms with Crippen molar-refractivity contribution >= 4 is 11.9 Å². The molecule has 4 N–H and O–H groups in total. The minimum Gasteiger partial charge on any atom is -0.449 e. The third kappa shape index (κ3) is 1.40. The second-order valence-corrected chi connectivity index (χ2v) is 1.84. The molecule has 0 saturated carbocycles. The van der Waals surface area contributed by atoms with Crippen LogP contribution >= 0.6 is 0 Å². The highest BCUT2D eigenvalue weighted by atomic mass is 16.6. The third-order valence-electron chi connectivity index (χ3n) is 1.04. The zero-order valence-corrected chi connectivity index (χ0v) is 5.49. The summed E-state index contributed by atoms with van der Waals surface area (Å²) in [5.41, 5.74) is 10.1. The number of carbonyl (C=O) groups excluding carboxylic acids is 2. The standard InChI is InChI=1S/C5H6N2O4/c6-3(7)2-1-10-4(8)5(9)11-2/h1,6-7H2. The molecule has 1 saturated heterocycles. The van der Waals surface area contributed by atoms with Crippen LogP contribution in [0, 0.1) is 0 Å². The van der Waals surface area contributed by atoms with Crippen molar-refractivity contribution in [2.75, 3.05) is 6.61 Å². The van der Waals surface area contributed by atoms with Gasteiger partial charge in [0.1, 0.15) is 5.82 Å². The Kier molecular flexibility index (Phi) is 1.67. The van der Waals surface area contributed by atoms with Gasteiger partial charge < -0.3 is 20.9 Å². The second kappa shape index (κ2) is 2.49. The highest BCUT2D eigenvalue weighted by Crippen LogP contribution is 2.06. The Morgan fingerprint density at radius 2 is 1.91 bits per heavy atom. The van der Waals surface area contributed by atoms with E-state index in [9.17, 15) is 9.59 Å². The molecule has 6 nitrogen and oxygen atoms in total. The van der Waals surface area contributed by atoms with Gasteiger partial charge in [-0.05, 0) is 0 Å². The molecule has 0 amide bonds. The quantitative estimate of drug-likeness (QED) is 0.317. The molecule has 1 fully saturated rings. The first-order valence-electron chi connectivity index (χ1n) is 2.74. The van der Waals surface area contributed by atoms with Crippen LogP contribution in [0.4, 0.5) is 0 Å². The predicted octanol–water partition coefficient (Wildman–Crippen LogP) is -1.83. The zero-order chi connectivity index (χ0) is 8.43. The molecule has 1 aliphatic rings. The van der Waals surface area contributed by atoms with Crippen molar-refractivity contribution in [3.05, 3.63) is 11.6 Å². The first kappa shape index (κ1) is 7.39. The van der Waals surface area contributed by atoms with Crippen LogP contribution < -0.4 is 11.5 Å². The van der Waals surface area contributed by atoms with Crippen molar-refractivity contribution < 1.29 is 19.1 Å². The van der Waals surface area contributed by atoms with Crippen molar-refractivity contribution in [2.24, 2.45) is 11.5 Å². The summed E-state index contributed by atoms with van der Waals surface area (Å²) < 4.78 is 8.71. The van der Waals surface area contributed by atoms with Crippen molar-refractivity contribution in [3.8, 4) is 0 Å². The molecule has 6 heteroatoms. The Morgan fingerprint density at radius 1 is 1.27 bits per heavy atom.